The number of nitrogens with one attached hydrogen (secondary N) is 1. The summed E-state index contributed by atoms with van der Waals surface area (Å²) in [7, 11) is 0. The Morgan fingerprint density at radius 1 is 1.50 bits per heavy atom. The Kier molecular flexibility index (Phi) is 2.89. The molecule has 1 heterocycles. The molecule has 1 aliphatic heterocycles. The van der Waals surface area contributed by atoms with Crippen LogP contribution in [0.4, 0.5) is 0 Å². The maximum absolute atomic E-state index is 11.0. The van der Waals surface area contributed by atoms with Crippen LogP contribution in [0.3, 0.4) is 0 Å². The molecular formula is C10H20N2OS. The third kappa shape index (κ3) is 1.65. The maximum Gasteiger partial charge on any atom is 0.234 e. The van der Waals surface area contributed by atoms with Crippen LogP contribution in [0.1, 0.15) is 34.6 Å². The smallest absolute Gasteiger partial charge is 0.234 e. The van der Waals surface area contributed by atoms with Crippen LogP contribution in [-0.4, -0.2) is 27.5 Å². The van der Waals surface area contributed by atoms with Crippen LogP contribution in [-0.2, 0) is 4.79 Å². The number of primary amides is 1. The van der Waals surface area contributed by atoms with Crippen molar-refractivity contribution in [1.82, 2.24) is 5.32 Å². The van der Waals surface area contributed by atoms with Gasteiger partial charge in [-0.2, -0.15) is 0 Å². The molecule has 0 aromatic rings. The van der Waals surface area contributed by atoms with E-state index in [1.54, 1.807) is 0 Å². The van der Waals surface area contributed by atoms with E-state index >= 15 is 0 Å². The van der Waals surface area contributed by atoms with Crippen LogP contribution in [0.15, 0.2) is 0 Å². The molecule has 0 aliphatic carbocycles. The van der Waals surface area contributed by atoms with Crippen molar-refractivity contribution in [2.75, 3.05) is 0 Å². The molecule has 0 saturated carbocycles. The standard InChI is InChI=1S/C10H20N2OS/c1-6(8(11)13)12-10(5)7(2)14-9(10,3)4/h6-7,12H,1-5H3,(H2,11,13)/t6-,7?,10?/m1/s1. The molecule has 1 fully saturated rings. The number of carbonyl (C=O) groups is 1. The van der Waals surface area contributed by atoms with E-state index in [1.165, 1.54) is 0 Å². The Balaban J connectivity index is 2.71. The average Bonchev–Trinajstić information content (AvgIpc) is 2.03. The Morgan fingerprint density at radius 2 is 2.00 bits per heavy atom. The number of hydrogen-bond donors (Lipinski definition) is 2. The molecule has 0 aromatic heterocycles. The molecule has 1 aliphatic rings. The zero-order valence-electron chi connectivity index (χ0n) is 9.55. The van der Waals surface area contributed by atoms with E-state index in [2.05, 4.69) is 33.0 Å². The molecule has 3 nitrogen and oxygen atoms in total. The van der Waals surface area contributed by atoms with Gasteiger partial charge in [0.1, 0.15) is 0 Å². The summed E-state index contributed by atoms with van der Waals surface area (Å²) in [4.78, 5) is 11.0. The van der Waals surface area contributed by atoms with Gasteiger partial charge in [-0.15, -0.1) is 11.8 Å². The van der Waals surface area contributed by atoms with E-state index in [0.29, 0.717) is 5.25 Å². The molecule has 0 radical (unpaired) electrons. The average molecular weight is 216 g/mol. The second kappa shape index (κ2) is 3.42. The van der Waals surface area contributed by atoms with E-state index in [-0.39, 0.29) is 22.2 Å². The first-order valence-electron chi connectivity index (χ1n) is 4.95. The van der Waals surface area contributed by atoms with Gasteiger partial charge in [0, 0.05) is 15.5 Å². The highest BCUT2D eigenvalue weighted by Gasteiger charge is 2.56. The SMILES string of the molecule is CC1SC(C)(C)C1(C)N[C@H](C)C(N)=O. The monoisotopic (exact) mass is 216 g/mol. The normalized spacial score (nSPS) is 37.4. The molecule has 4 heteroatoms. The number of amides is 1. The topological polar surface area (TPSA) is 55.1 Å². The highest BCUT2D eigenvalue weighted by atomic mass is 32.2. The fraction of sp³-hybridized carbons (Fsp3) is 0.900. The third-order valence-electron chi connectivity index (χ3n) is 3.48. The largest absolute Gasteiger partial charge is 0.368 e. The molecule has 0 aromatic carbocycles. The molecule has 3 N–H and O–H groups in total. The third-order valence-corrected chi connectivity index (χ3v) is 5.32. The van der Waals surface area contributed by atoms with Gasteiger partial charge >= 0.3 is 0 Å². The number of carbonyl (C=O) groups excluding carboxylic acids is 1. The molecule has 1 saturated heterocycles. The van der Waals surface area contributed by atoms with Gasteiger partial charge in [0.15, 0.2) is 0 Å². The molecule has 1 amide bonds. The summed E-state index contributed by atoms with van der Waals surface area (Å²) >= 11 is 1.93. The van der Waals surface area contributed by atoms with E-state index < -0.39 is 0 Å². The summed E-state index contributed by atoms with van der Waals surface area (Å²) in [5.41, 5.74) is 5.24. The van der Waals surface area contributed by atoms with Crippen LogP contribution in [0, 0.1) is 0 Å². The molecular weight excluding hydrogens is 196 g/mol. The summed E-state index contributed by atoms with van der Waals surface area (Å²) < 4.78 is 0.163. The summed E-state index contributed by atoms with van der Waals surface area (Å²) in [6.45, 7) is 10.5. The van der Waals surface area contributed by atoms with Crippen molar-refractivity contribution in [3.63, 3.8) is 0 Å². The van der Waals surface area contributed by atoms with Crippen LogP contribution in [0.5, 0.6) is 0 Å². The van der Waals surface area contributed by atoms with E-state index in [1.807, 2.05) is 18.7 Å². The predicted octanol–water partition coefficient (Wildman–Crippen LogP) is 1.12. The van der Waals surface area contributed by atoms with Gasteiger partial charge in [0.2, 0.25) is 5.91 Å². The molecule has 3 atom stereocenters. The number of nitrogens with two attached hydrogens (primary N) is 1. The molecule has 82 valence electrons. The fourth-order valence-corrected chi connectivity index (χ4v) is 3.70. The molecule has 2 unspecified atom stereocenters. The second-order valence-electron chi connectivity index (χ2n) is 4.74. The van der Waals surface area contributed by atoms with Gasteiger partial charge in [0.05, 0.1) is 6.04 Å². The lowest BCUT2D eigenvalue weighted by molar-refractivity contribution is -0.120. The zero-order chi connectivity index (χ0) is 11.1. The van der Waals surface area contributed by atoms with Crippen molar-refractivity contribution in [2.45, 2.75) is 56.2 Å². The lowest BCUT2D eigenvalue weighted by atomic mass is 9.82. The van der Waals surface area contributed by atoms with Crippen LogP contribution < -0.4 is 11.1 Å². The summed E-state index contributed by atoms with van der Waals surface area (Å²) in [6.07, 6.45) is 0. The number of rotatable bonds is 3. The van der Waals surface area contributed by atoms with Gasteiger partial charge in [-0.05, 0) is 27.7 Å². The van der Waals surface area contributed by atoms with Crippen LogP contribution in [0.25, 0.3) is 0 Å². The summed E-state index contributed by atoms with van der Waals surface area (Å²) in [6, 6.07) is -0.261. The summed E-state index contributed by atoms with van der Waals surface area (Å²) in [5, 5.41) is 3.85. The van der Waals surface area contributed by atoms with Gasteiger partial charge in [-0.1, -0.05) is 6.92 Å². The van der Waals surface area contributed by atoms with Crippen LogP contribution >= 0.6 is 11.8 Å². The van der Waals surface area contributed by atoms with Crippen molar-refractivity contribution >= 4 is 17.7 Å². The van der Waals surface area contributed by atoms with E-state index in [0.717, 1.165) is 0 Å². The van der Waals surface area contributed by atoms with Crippen molar-refractivity contribution in [3.05, 3.63) is 0 Å². The van der Waals surface area contributed by atoms with Crippen LogP contribution in [0.2, 0.25) is 0 Å². The van der Waals surface area contributed by atoms with Gasteiger partial charge in [-0.3, -0.25) is 10.1 Å². The Labute approximate surface area is 90.2 Å². The molecule has 1 rings (SSSR count). The highest BCUT2D eigenvalue weighted by Crippen LogP contribution is 2.54. The van der Waals surface area contributed by atoms with Crippen molar-refractivity contribution in [1.29, 1.82) is 0 Å². The first kappa shape index (κ1) is 11.9. The minimum Gasteiger partial charge on any atom is -0.368 e. The highest BCUT2D eigenvalue weighted by molar-refractivity contribution is 8.03. The first-order chi connectivity index (χ1) is 6.21. The quantitative estimate of drug-likeness (QED) is 0.743. The summed E-state index contributed by atoms with van der Waals surface area (Å²) in [5.74, 6) is -0.286. The second-order valence-corrected chi connectivity index (χ2v) is 6.70. The van der Waals surface area contributed by atoms with Gasteiger partial charge in [-0.25, -0.2) is 0 Å². The minimum absolute atomic E-state index is 0.00782. The number of hydrogen-bond acceptors (Lipinski definition) is 3. The minimum atomic E-state index is -0.286. The molecule has 14 heavy (non-hydrogen) atoms. The maximum atomic E-state index is 11.0. The lowest BCUT2D eigenvalue weighted by Gasteiger charge is -2.59. The van der Waals surface area contributed by atoms with Crippen molar-refractivity contribution < 1.29 is 4.79 Å². The molecule has 0 spiro atoms. The molecule has 0 bridgehead atoms. The van der Waals surface area contributed by atoms with E-state index in [9.17, 15) is 4.79 Å². The van der Waals surface area contributed by atoms with E-state index in [4.69, 9.17) is 5.73 Å². The predicted molar refractivity (Wildman–Crippen MR) is 61.3 cm³/mol. The zero-order valence-corrected chi connectivity index (χ0v) is 10.4. The number of thioether (sulfide) groups is 1. The Morgan fingerprint density at radius 3 is 2.29 bits per heavy atom. The van der Waals surface area contributed by atoms with Gasteiger partial charge < -0.3 is 5.73 Å². The Hall–Kier alpha value is -0.220. The van der Waals surface area contributed by atoms with Crippen molar-refractivity contribution in [3.8, 4) is 0 Å². The lowest BCUT2D eigenvalue weighted by Crippen LogP contribution is -2.72. The van der Waals surface area contributed by atoms with Gasteiger partial charge in [0.25, 0.3) is 0 Å². The first-order valence-corrected chi connectivity index (χ1v) is 5.83. The van der Waals surface area contributed by atoms with Crippen molar-refractivity contribution in [2.24, 2.45) is 5.73 Å². The Bertz CT molecular complexity index is 255. The fourth-order valence-electron chi connectivity index (χ4n) is 1.93.